The maximum absolute atomic E-state index is 8.73. The molecule has 3 N–H and O–H groups in total. The van der Waals surface area contributed by atoms with Crippen molar-refractivity contribution in [2.24, 2.45) is 10.9 Å². The summed E-state index contributed by atoms with van der Waals surface area (Å²) in [5.41, 5.74) is 9.54. The van der Waals surface area contributed by atoms with Crippen LogP contribution in [0.25, 0.3) is 11.3 Å². The monoisotopic (exact) mass is 559 g/mol. The van der Waals surface area contributed by atoms with Gasteiger partial charge >= 0.3 is 0 Å². The highest BCUT2D eigenvalue weighted by molar-refractivity contribution is 7.16. The minimum Gasteiger partial charge on any atom is -0.494 e. The van der Waals surface area contributed by atoms with E-state index in [9.17, 15) is 0 Å². The van der Waals surface area contributed by atoms with Gasteiger partial charge in [-0.2, -0.15) is 0 Å². The zero-order valence-electron chi connectivity index (χ0n) is 23.3. The van der Waals surface area contributed by atoms with Gasteiger partial charge in [0.2, 0.25) is 0 Å². The van der Waals surface area contributed by atoms with Crippen LogP contribution in [0.5, 0.6) is 11.5 Å². The third-order valence-electron chi connectivity index (χ3n) is 6.35. The van der Waals surface area contributed by atoms with Gasteiger partial charge in [-0.15, -0.1) is 11.3 Å². The molecular weight excluding hydrogens is 522 g/mol. The molecule has 0 saturated carbocycles. The van der Waals surface area contributed by atoms with Gasteiger partial charge in [-0.25, -0.2) is 4.98 Å². The molecule has 0 aliphatic carbocycles. The number of oxime groups is 1. The van der Waals surface area contributed by atoms with Crippen LogP contribution in [0.3, 0.4) is 0 Å². The van der Waals surface area contributed by atoms with Gasteiger partial charge in [-0.05, 0) is 85.3 Å². The quantitative estimate of drug-likeness (QED) is 0.0583. The molecule has 210 valence electrons. The van der Waals surface area contributed by atoms with Crippen molar-refractivity contribution < 1.29 is 14.7 Å². The van der Waals surface area contributed by atoms with Crippen LogP contribution in [0.4, 0.5) is 5.13 Å². The van der Waals surface area contributed by atoms with Crippen LogP contribution in [0, 0.1) is 0 Å². The lowest BCUT2D eigenvalue weighted by Crippen LogP contribution is -2.16. The summed E-state index contributed by atoms with van der Waals surface area (Å²) in [7, 11) is 2.08. The predicted molar refractivity (Wildman–Crippen MR) is 162 cm³/mol. The van der Waals surface area contributed by atoms with E-state index in [1.807, 2.05) is 36.5 Å². The molecule has 2 heterocycles. The highest BCUT2D eigenvalue weighted by Crippen LogP contribution is 2.38. The third-order valence-corrected chi connectivity index (χ3v) is 7.82. The van der Waals surface area contributed by atoms with Crippen LogP contribution in [-0.2, 0) is 6.54 Å². The fourth-order valence-corrected chi connectivity index (χ4v) is 5.21. The Morgan fingerprint density at radius 3 is 2.20 bits per heavy atom. The summed E-state index contributed by atoms with van der Waals surface area (Å²) in [5.74, 6) is 2.09. The number of aromatic nitrogens is 2. The molecule has 2 aromatic heterocycles. The normalized spacial score (nSPS) is 11.6. The summed E-state index contributed by atoms with van der Waals surface area (Å²) in [4.78, 5) is 12.7. The summed E-state index contributed by atoms with van der Waals surface area (Å²) in [6.45, 7) is 6.48. The standard InChI is InChI=1S/C31H37N5O3S/c1-22(2)29-28(34-31(40-29)36(3)21-23-8-7-17-33-20-23)24-9-13-26(14-10-24)38-18-5-4-6-19-39-27-15-11-25(12-16-27)30(32)35-37/h7-17,20,22,37H,4-6,18-19,21H2,1-3H3,(H2,32,35). The maximum atomic E-state index is 8.73. The molecule has 0 saturated heterocycles. The van der Waals surface area contributed by atoms with Gasteiger partial charge in [0.05, 0.1) is 18.9 Å². The van der Waals surface area contributed by atoms with E-state index in [1.54, 1.807) is 29.7 Å². The molecule has 2 aromatic carbocycles. The van der Waals surface area contributed by atoms with Crippen molar-refractivity contribution in [2.45, 2.75) is 45.6 Å². The van der Waals surface area contributed by atoms with Crippen LogP contribution < -0.4 is 20.1 Å². The fourth-order valence-electron chi connectivity index (χ4n) is 4.16. The first-order chi connectivity index (χ1) is 19.4. The number of unbranched alkanes of at least 4 members (excludes halogenated alkanes) is 2. The molecule has 0 unspecified atom stereocenters. The molecule has 0 aliphatic heterocycles. The number of rotatable bonds is 14. The lowest BCUT2D eigenvalue weighted by Gasteiger charge is -2.15. The van der Waals surface area contributed by atoms with Gasteiger partial charge in [0.15, 0.2) is 11.0 Å². The molecule has 0 spiro atoms. The first-order valence-corrected chi connectivity index (χ1v) is 14.3. The molecule has 8 nitrogen and oxygen atoms in total. The van der Waals surface area contributed by atoms with Gasteiger partial charge in [-0.3, -0.25) is 4.98 Å². The number of benzene rings is 2. The third kappa shape index (κ3) is 7.95. The lowest BCUT2D eigenvalue weighted by atomic mass is 10.1. The number of hydrogen-bond donors (Lipinski definition) is 2. The van der Waals surface area contributed by atoms with E-state index in [-0.39, 0.29) is 5.84 Å². The second-order valence-electron chi connectivity index (χ2n) is 9.87. The first-order valence-electron chi connectivity index (χ1n) is 13.5. The van der Waals surface area contributed by atoms with E-state index < -0.39 is 0 Å². The van der Waals surface area contributed by atoms with Crippen LogP contribution in [0.2, 0.25) is 0 Å². The number of amidine groups is 1. The van der Waals surface area contributed by atoms with E-state index in [1.165, 1.54) is 4.88 Å². The average molecular weight is 560 g/mol. The Kier molecular flexibility index (Phi) is 10.3. The molecule has 4 aromatic rings. The van der Waals surface area contributed by atoms with Crippen LogP contribution >= 0.6 is 11.3 Å². The molecule has 0 bridgehead atoms. The van der Waals surface area contributed by atoms with Crippen molar-refractivity contribution in [3.8, 4) is 22.8 Å². The number of anilines is 1. The second-order valence-corrected chi connectivity index (χ2v) is 10.9. The summed E-state index contributed by atoms with van der Waals surface area (Å²) >= 11 is 1.75. The highest BCUT2D eigenvalue weighted by atomic mass is 32.1. The van der Waals surface area contributed by atoms with Crippen molar-refractivity contribution >= 4 is 22.3 Å². The Morgan fingerprint density at radius 1 is 0.975 bits per heavy atom. The number of nitrogens with zero attached hydrogens (tertiary/aromatic N) is 4. The number of thiazole rings is 1. The van der Waals surface area contributed by atoms with Crippen molar-refractivity contribution in [1.82, 2.24) is 9.97 Å². The molecular formula is C31H37N5O3S. The SMILES string of the molecule is CC(C)c1sc(N(C)Cc2cccnc2)nc1-c1ccc(OCCCCCOc2ccc(C(N)=NO)cc2)cc1. The van der Waals surface area contributed by atoms with Crippen LogP contribution in [-0.4, -0.2) is 41.3 Å². The van der Waals surface area contributed by atoms with Crippen molar-refractivity contribution in [2.75, 3.05) is 25.2 Å². The van der Waals surface area contributed by atoms with E-state index in [4.69, 9.17) is 25.4 Å². The minimum absolute atomic E-state index is 0.0826. The lowest BCUT2D eigenvalue weighted by molar-refractivity contribution is 0.279. The molecule has 0 amide bonds. The number of pyridine rings is 1. The smallest absolute Gasteiger partial charge is 0.186 e. The Bertz CT molecular complexity index is 1360. The predicted octanol–water partition coefficient (Wildman–Crippen LogP) is 6.69. The molecule has 0 radical (unpaired) electrons. The van der Waals surface area contributed by atoms with Crippen molar-refractivity contribution in [1.29, 1.82) is 0 Å². The zero-order chi connectivity index (χ0) is 28.3. The first kappa shape index (κ1) is 28.9. The summed E-state index contributed by atoms with van der Waals surface area (Å²) in [6.07, 6.45) is 6.58. The van der Waals surface area contributed by atoms with Crippen LogP contribution in [0.15, 0.2) is 78.2 Å². The molecule has 0 atom stereocenters. The maximum Gasteiger partial charge on any atom is 0.186 e. The molecule has 0 fully saturated rings. The number of nitrogens with two attached hydrogens (primary N) is 1. The Morgan fingerprint density at radius 2 is 1.62 bits per heavy atom. The zero-order valence-corrected chi connectivity index (χ0v) is 24.1. The number of hydrogen-bond acceptors (Lipinski definition) is 8. The average Bonchev–Trinajstić information content (AvgIpc) is 3.44. The summed E-state index contributed by atoms with van der Waals surface area (Å²) in [6, 6.07) is 19.5. The van der Waals surface area contributed by atoms with E-state index in [0.29, 0.717) is 24.7 Å². The largest absolute Gasteiger partial charge is 0.494 e. The van der Waals surface area contributed by atoms with Gasteiger partial charge in [0.25, 0.3) is 0 Å². The second kappa shape index (κ2) is 14.3. The van der Waals surface area contributed by atoms with Gasteiger partial charge in [0.1, 0.15) is 11.5 Å². The Hall–Kier alpha value is -4.11. The molecule has 9 heteroatoms. The van der Waals surface area contributed by atoms with Gasteiger partial charge in [0, 0.05) is 42.0 Å². The summed E-state index contributed by atoms with van der Waals surface area (Å²) < 4.78 is 11.8. The van der Waals surface area contributed by atoms with E-state index in [0.717, 1.165) is 59.3 Å². The molecule has 0 aliphatic rings. The Labute approximate surface area is 240 Å². The van der Waals surface area contributed by atoms with Gasteiger partial charge < -0.3 is 25.3 Å². The topological polar surface area (TPSA) is 106 Å². The van der Waals surface area contributed by atoms with Gasteiger partial charge in [-0.1, -0.05) is 25.1 Å². The highest BCUT2D eigenvalue weighted by Gasteiger charge is 2.18. The minimum atomic E-state index is 0.0826. The molecule has 4 rings (SSSR count). The fraction of sp³-hybridized carbons (Fsp3) is 0.323. The van der Waals surface area contributed by atoms with Crippen molar-refractivity contribution in [3.63, 3.8) is 0 Å². The van der Waals surface area contributed by atoms with Crippen molar-refractivity contribution in [3.05, 3.63) is 89.1 Å². The summed E-state index contributed by atoms with van der Waals surface area (Å²) in [5, 5.41) is 12.7. The number of ether oxygens (including phenoxy) is 2. The molecule has 40 heavy (non-hydrogen) atoms. The van der Waals surface area contributed by atoms with E-state index >= 15 is 0 Å². The van der Waals surface area contributed by atoms with Crippen LogP contribution in [0.1, 0.15) is 55.0 Å². The van der Waals surface area contributed by atoms with E-state index in [2.05, 4.69) is 54.1 Å². The Balaban J connectivity index is 1.23.